The van der Waals surface area contributed by atoms with Gasteiger partial charge in [0.15, 0.2) is 0 Å². The number of carbonyl (C=O) groups is 1. The molecule has 0 unspecified atom stereocenters. The highest BCUT2D eigenvalue weighted by Crippen LogP contribution is 2.15. The molecule has 0 aliphatic heterocycles. The van der Waals surface area contributed by atoms with Gasteiger partial charge in [-0.25, -0.2) is 0 Å². The first-order valence-electron chi connectivity index (χ1n) is 7.78. The molecule has 0 spiro atoms. The van der Waals surface area contributed by atoms with E-state index in [9.17, 15) is 4.79 Å². The van der Waals surface area contributed by atoms with E-state index < -0.39 is 5.60 Å². The fourth-order valence-electron chi connectivity index (χ4n) is 2.41. The molecule has 0 fully saturated rings. The molecule has 1 atom stereocenters. The summed E-state index contributed by atoms with van der Waals surface area (Å²) < 4.78 is 5.37. The van der Waals surface area contributed by atoms with Crippen LogP contribution < -0.4 is 0 Å². The normalized spacial score (nSPS) is 13.2. The predicted octanol–water partition coefficient (Wildman–Crippen LogP) is 4.02. The first kappa shape index (κ1) is 17.7. The second kappa shape index (κ2) is 8.18. The molecule has 0 saturated carbocycles. The summed E-state index contributed by atoms with van der Waals surface area (Å²) in [6, 6.07) is 10.8. The van der Waals surface area contributed by atoms with E-state index in [4.69, 9.17) is 4.74 Å². The van der Waals surface area contributed by atoms with Crippen molar-refractivity contribution in [1.29, 1.82) is 0 Å². The van der Waals surface area contributed by atoms with Gasteiger partial charge in [-0.2, -0.15) is 0 Å². The van der Waals surface area contributed by atoms with E-state index in [1.54, 1.807) is 0 Å². The van der Waals surface area contributed by atoms with Crippen molar-refractivity contribution >= 4 is 5.97 Å². The zero-order chi connectivity index (χ0) is 15.9. The molecule has 0 saturated heterocycles. The van der Waals surface area contributed by atoms with Crippen LogP contribution >= 0.6 is 0 Å². The minimum atomic E-state index is -0.394. The number of ether oxygens (including phenoxy) is 1. The van der Waals surface area contributed by atoms with Gasteiger partial charge in [0.1, 0.15) is 5.60 Å². The van der Waals surface area contributed by atoms with Crippen LogP contribution in [0, 0.1) is 0 Å². The summed E-state index contributed by atoms with van der Waals surface area (Å²) in [6.45, 7) is 8.80. The molecule has 0 radical (unpaired) electrons. The smallest absolute Gasteiger partial charge is 0.306 e. The van der Waals surface area contributed by atoms with Gasteiger partial charge in [-0.1, -0.05) is 37.3 Å². The molecular weight excluding hydrogens is 262 g/mol. The minimum Gasteiger partial charge on any atom is -0.460 e. The lowest BCUT2D eigenvalue weighted by molar-refractivity contribution is -0.155. The quantitative estimate of drug-likeness (QED) is 0.711. The van der Waals surface area contributed by atoms with Crippen molar-refractivity contribution < 1.29 is 9.53 Å². The summed E-state index contributed by atoms with van der Waals surface area (Å²) in [5, 5.41) is 0. The lowest BCUT2D eigenvalue weighted by Gasteiger charge is -2.27. The Balaban J connectivity index is 2.45. The highest BCUT2D eigenvalue weighted by Gasteiger charge is 2.19. The van der Waals surface area contributed by atoms with E-state index in [1.807, 2.05) is 26.8 Å². The summed E-state index contributed by atoms with van der Waals surface area (Å²) >= 11 is 0. The van der Waals surface area contributed by atoms with Crippen LogP contribution in [0.2, 0.25) is 0 Å². The monoisotopic (exact) mass is 291 g/mol. The highest BCUT2D eigenvalue weighted by molar-refractivity contribution is 5.69. The van der Waals surface area contributed by atoms with Gasteiger partial charge in [0, 0.05) is 19.0 Å². The zero-order valence-corrected chi connectivity index (χ0v) is 14.1. The van der Waals surface area contributed by atoms with Crippen molar-refractivity contribution in [3.8, 4) is 0 Å². The van der Waals surface area contributed by atoms with Crippen molar-refractivity contribution in [1.82, 2.24) is 4.90 Å². The maximum atomic E-state index is 11.8. The molecule has 0 amide bonds. The second-order valence-corrected chi connectivity index (χ2v) is 6.59. The van der Waals surface area contributed by atoms with Crippen molar-refractivity contribution in [3.05, 3.63) is 35.9 Å². The molecule has 0 aromatic heterocycles. The van der Waals surface area contributed by atoms with Crippen LogP contribution in [-0.4, -0.2) is 29.6 Å². The summed E-state index contributed by atoms with van der Waals surface area (Å²) in [7, 11) is 2.12. The maximum absolute atomic E-state index is 11.8. The van der Waals surface area contributed by atoms with Crippen molar-refractivity contribution in [2.75, 3.05) is 7.05 Å². The van der Waals surface area contributed by atoms with Crippen LogP contribution in [-0.2, 0) is 16.1 Å². The van der Waals surface area contributed by atoms with E-state index in [2.05, 4.69) is 43.1 Å². The van der Waals surface area contributed by atoms with Gasteiger partial charge in [-0.15, -0.1) is 0 Å². The average Bonchev–Trinajstić information content (AvgIpc) is 2.38. The molecule has 0 bridgehead atoms. The summed E-state index contributed by atoms with van der Waals surface area (Å²) in [6.07, 6.45) is 2.36. The number of hydrogen-bond acceptors (Lipinski definition) is 3. The van der Waals surface area contributed by atoms with Crippen LogP contribution in [0.3, 0.4) is 0 Å². The Kier molecular flexibility index (Phi) is 6.90. The van der Waals surface area contributed by atoms with Gasteiger partial charge in [0.2, 0.25) is 0 Å². The predicted molar refractivity (Wildman–Crippen MR) is 87.1 cm³/mol. The largest absolute Gasteiger partial charge is 0.460 e. The van der Waals surface area contributed by atoms with Crippen LogP contribution in [0.1, 0.15) is 52.5 Å². The number of hydrogen-bond donors (Lipinski definition) is 0. The van der Waals surface area contributed by atoms with Gasteiger partial charge < -0.3 is 4.74 Å². The molecule has 0 aliphatic carbocycles. The third-order valence-electron chi connectivity index (χ3n) is 3.47. The maximum Gasteiger partial charge on any atom is 0.306 e. The minimum absolute atomic E-state index is 0.103. The molecule has 118 valence electrons. The van der Waals surface area contributed by atoms with Crippen LogP contribution in [0.15, 0.2) is 30.3 Å². The van der Waals surface area contributed by atoms with Gasteiger partial charge in [-0.3, -0.25) is 9.69 Å². The summed E-state index contributed by atoms with van der Waals surface area (Å²) in [5.74, 6) is -0.103. The van der Waals surface area contributed by atoms with E-state index in [1.165, 1.54) is 5.56 Å². The SMILES string of the molecule is CC[C@@H](CCC(=O)OC(C)(C)C)N(C)Cc1ccccc1. The lowest BCUT2D eigenvalue weighted by Crippen LogP contribution is -2.32. The number of benzene rings is 1. The molecule has 3 nitrogen and oxygen atoms in total. The third kappa shape index (κ3) is 7.28. The molecule has 1 aromatic rings. The highest BCUT2D eigenvalue weighted by atomic mass is 16.6. The van der Waals surface area contributed by atoms with Crippen molar-refractivity contribution in [2.45, 2.75) is 65.1 Å². The zero-order valence-electron chi connectivity index (χ0n) is 14.1. The fraction of sp³-hybridized carbons (Fsp3) is 0.611. The number of rotatable bonds is 7. The van der Waals surface area contributed by atoms with Gasteiger partial charge >= 0.3 is 5.97 Å². The number of nitrogens with zero attached hydrogens (tertiary/aromatic N) is 1. The van der Waals surface area contributed by atoms with Crippen LogP contribution in [0.4, 0.5) is 0 Å². The van der Waals surface area contributed by atoms with Crippen LogP contribution in [0.25, 0.3) is 0 Å². The van der Waals surface area contributed by atoms with Gasteiger partial charge in [0.25, 0.3) is 0 Å². The van der Waals surface area contributed by atoms with E-state index >= 15 is 0 Å². The molecule has 1 aromatic carbocycles. The molecular formula is C18H29NO2. The van der Waals surface area contributed by atoms with Crippen molar-refractivity contribution in [3.63, 3.8) is 0 Å². The topological polar surface area (TPSA) is 29.5 Å². The van der Waals surface area contributed by atoms with Crippen LogP contribution in [0.5, 0.6) is 0 Å². The third-order valence-corrected chi connectivity index (χ3v) is 3.47. The first-order chi connectivity index (χ1) is 9.81. The Morgan fingerprint density at radius 3 is 2.38 bits per heavy atom. The van der Waals surface area contributed by atoms with E-state index in [-0.39, 0.29) is 5.97 Å². The summed E-state index contributed by atoms with van der Waals surface area (Å²) in [5.41, 5.74) is 0.907. The summed E-state index contributed by atoms with van der Waals surface area (Å²) in [4.78, 5) is 14.1. The first-order valence-corrected chi connectivity index (χ1v) is 7.78. The fourth-order valence-corrected chi connectivity index (χ4v) is 2.41. The molecule has 21 heavy (non-hydrogen) atoms. The standard InChI is InChI=1S/C18H29NO2/c1-6-16(12-13-17(20)21-18(2,3)4)19(5)14-15-10-8-7-9-11-15/h7-11,16H,6,12-14H2,1-5H3/t16-/m0/s1. The molecule has 0 N–H and O–H groups in total. The Morgan fingerprint density at radius 2 is 1.86 bits per heavy atom. The number of esters is 1. The Hall–Kier alpha value is -1.35. The molecule has 3 heteroatoms. The van der Waals surface area contributed by atoms with Gasteiger partial charge in [0.05, 0.1) is 0 Å². The average molecular weight is 291 g/mol. The lowest BCUT2D eigenvalue weighted by atomic mass is 10.1. The second-order valence-electron chi connectivity index (χ2n) is 6.59. The van der Waals surface area contributed by atoms with E-state index in [0.717, 1.165) is 19.4 Å². The van der Waals surface area contributed by atoms with E-state index in [0.29, 0.717) is 12.5 Å². The number of carbonyl (C=O) groups excluding carboxylic acids is 1. The molecule has 1 rings (SSSR count). The molecule has 0 aliphatic rings. The molecule has 0 heterocycles. The Labute approximate surface area is 129 Å². The van der Waals surface area contributed by atoms with Crippen molar-refractivity contribution in [2.24, 2.45) is 0 Å². The Bertz CT molecular complexity index is 423. The Morgan fingerprint density at radius 1 is 1.24 bits per heavy atom. The van der Waals surface area contributed by atoms with Gasteiger partial charge in [-0.05, 0) is 46.2 Å².